The molecule has 0 radical (unpaired) electrons. The number of benzene rings is 1. The molecule has 1 heterocycles. The molecule has 0 aliphatic heterocycles. The molecule has 0 amide bonds. The fourth-order valence-electron chi connectivity index (χ4n) is 5.76. The van der Waals surface area contributed by atoms with Gasteiger partial charge in [0.15, 0.2) is 0 Å². The van der Waals surface area contributed by atoms with Gasteiger partial charge in [0.05, 0.1) is 10.7 Å². The number of aromatic nitrogens is 2. The first-order valence-electron chi connectivity index (χ1n) is 9.18. The van der Waals surface area contributed by atoms with Crippen LogP contribution in [0.3, 0.4) is 0 Å². The largest absolute Gasteiger partial charge is 0.413 e. The summed E-state index contributed by atoms with van der Waals surface area (Å²) < 4.78 is 7.77. The number of nitrogens with one attached hydrogen (secondary N) is 1. The summed E-state index contributed by atoms with van der Waals surface area (Å²) >= 11 is 11.6. The van der Waals surface area contributed by atoms with Crippen LogP contribution in [0.15, 0.2) is 28.7 Å². The molecule has 0 saturated heterocycles. The zero-order valence-electron chi connectivity index (χ0n) is 14.1. The number of rotatable bonds is 4. The lowest BCUT2D eigenvalue weighted by Gasteiger charge is -2.55. The normalized spacial score (nSPS) is 32.9. The van der Waals surface area contributed by atoms with Crippen LogP contribution in [0, 0.1) is 22.6 Å². The lowest BCUT2D eigenvalue weighted by Crippen LogP contribution is -2.48. The van der Waals surface area contributed by atoms with E-state index < -0.39 is 0 Å². The molecule has 1 N–H and O–H groups in total. The molecule has 6 rings (SSSR count). The fraction of sp³-hybridized carbons (Fsp3) is 0.579. The average molecular weight is 376 g/mol. The van der Waals surface area contributed by atoms with E-state index in [4.69, 9.17) is 33.3 Å². The Morgan fingerprint density at radius 3 is 2.44 bits per heavy atom. The molecule has 4 aliphatic rings. The zero-order chi connectivity index (χ0) is 17.0. The van der Waals surface area contributed by atoms with Gasteiger partial charge in [-0.3, -0.25) is 0 Å². The van der Waals surface area contributed by atoms with Gasteiger partial charge >= 0.3 is 0 Å². The summed E-state index contributed by atoms with van der Waals surface area (Å²) in [6, 6.07) is 7.69. The second kappa shape index (κ2) is 5.85. The van der Waals surface area contributed by atoms with Crippen LogP contribution in [-0.2, 0) is 12.1 Å². The summed E-state index contributed by atoms with van der Waals surface area (Å²) in [5, 5.41) is 8.78. The molecule has 0 atom stereocenters. The molecule has 4 fully saturated rings. The summed E-state index contributed by atoms with van der Waals surface area (Å²) in [4.78, 5) is 0.449. The van der Waals surface area contributed by atoms with Gasteiger partial charge in [0.2, 0.25) is 5.89 Å². The predicted octanol–water partition coefficient (Wildman–Crippen LogP) is 5.40. The van der Waals surface area contributed by atoms with Crippen LogP contribution in [0.25, 0.3) is 0 Å². The predicted molar refractivity (Wildman–Crippen MR) is 100 cm³/mol. The van der Waals surface area contributed by atoms with Crippen LogP contribution < -0.4 is 5.32 Å². The molecule has 4 saturated carbocycles. The monoisotopic (exact) mass is 375 g/mol. The number of para-hydroxylation sites is 1. The van der Waals surface area contributed by atoms with Gasteiger partial charge in [0.1, 0.15) is 6.67 Å². The summed E-state index contributed by atoms with van der Waals surface area (Å²) in [6.07, 6.45) is 7.92. The second-order valence-corrected chi connectivity index (χ2v) is 8.94. The highest BCUT2D eigenvalue weighted by molar-refractivity contribution is 7.71. The smallest absolute Gasteiger partial charge is 0.288 e. The SMILES string of the molecule is S=c1oc(C23CC4CC(CC(C4)C2)C3)nn1CNc1ccccc1Cl. The molecule has 4 nitrogen and oxygen atoms in total. The van der Waals surface area contributed by atoms with Crippen LogP contribution in [-0.4, -0.2) is 9.78 Å². The van der Waals surface area contributed by atoms with Gasteiger partial charge in [-0.2, -0.15) is 0 Å². The number of nitrogens with zero attached hydrogens (tertiary/aromatic N) is 2. The van der Waals surface area contributed by atoms with E-state index in [0.29, 0.717) is 16.5 Å². The van der Waals surface area contributed by atoms with E-state index in [1.54, 1.807) is 4.68 Å². The van der Waals surface area contributed by atoms with Crippen molar-refractivity contribution in [1.82, 2.24) is 9.78 Å². The van der Waals surface area contributed by atoms with E-state index in [9.17, 15) is 0 Å². The molecular weight excluding hydrogens is 354 g/mol. The first kappa shape index (κ1) is 15.9. The minimum absolute atomic E-state index is 0.137. The third-order valence-electron chi connectivity index (χ3n) is 6.39. The average Bonchev–Trinajstić information content (AvgIpc) is 2.95. The molecule has 0 spiro atoms. The molecule has 25 heavy (non-hydrogen) atoms. The molecule has 1 aromatic carbocycles. The van der Waals surface area contributed by atoms with Gasteiger partial charge in [-0.05, 0) is 80.6 Å². The van der Waals surface area contributed by atoms with Crippen LogP contribution in [0.1, 0.15) is 44.4 Å². The molecule has 132 valence electrons. The summed E-state index contributed by atoms with van der Waals surface area (Å²) in [5.41, 5.74) is 1.02. The standard InChI is InChI=1S/C19H22ClN3OS/c20-15-3-1-2-4-16(15)21-11-23-18(25)24-17(22-23)19-8-12-5-13(9-19)7-14(6-12)10-19/h1-4,12-14,21H,5-11H2. The molecule has 0 unspecified atom stereocenters. The Bertz CT molecular complexity index is 823. The van der Waals surface area contributed by atoms with Crippen molar-refractivity contribution in [3.8, 4) is 0 Å². The molecular formula is C19H22ClN3OS. The van der Waals surface area contributed by atoms with Gasteiger partial charge < -0.3 is 9.73 Å². The van der Waals surface area contributed by atoms with E-state index in [2.05, 4.69) is 5.32 Å². The highest BCUT2D eigenvalue weighted by atomic mass is 35.5. The van der Waals surface area contributed by atoms with Crippen LogP contribution >= 0.6 is 23.8 Å². The topological polar surface area (TPSA) is 43.0 Å². The fourth-order valence-corrected chi connectivity index (χ4v) is 6.14. The van der Waals surface area contributed by atoms with Crippen molar-refractivity contribution >= 4 is 29.5 Å². The zero-order valence-corrected chi connectivity index (χ0v) is 15.7. The van der Waals surface area contributed by atoms with Crippen molar-refractivity contribution in [3.05, 3.63) is 40.0 Å². The van der Waals surface area contributed by atoms with Crippen molar-refractivity contribution in [2.24, 2.45) is 17.8 Å². The number of hydrogen-bond donors (Lipinski definition) is 1. The van der Waals surface area contributed by atoms with Gasteiger partial charge in [0, 0.05) is 5.41 Å². The number of anilines is 1. The first-order chi connectivity index (χ1) is 12.1. The van der Waals surface area contributed by atoms with Crippen molar-refractivity contribution in [2.45, 2.75) is 50.6 Å². The van der Waals surface area contributed by atoms with E-state index in [-0.39, 0.29) is 5.41 Å². The molecule has 6 heteroatoms. The first-order valence-corrected chi connectivity index (χ1v) is 9.97. The lowest BCUT2D eigenvalue weighted by atomic mass is 9.49. The van der Waals surface area contributed by atoms with Crippen molar-refractivity contribution in [2.75, 3.05) is 5.32 Å². The summed E-state index contributed by atoms with van der Waals surface area (Å²) in [7, 11) is 0. The van der Waals surface area contributed by atoms with Gasteiger partial charge in [-0.25, -0.2) is 4.68 Å². The van der Waals surface area contributed by atoms with E-state index in [1.165, 1.54) is 38.5 Å². The molecule has 4 aliphatic carbocycles. The molecule has 4 bridgehead atoms. The minimum atomic E-state index is 0.137. The lowest BCUT2D eigenvalue weighted by molar-refractivity contribution is -0.0181. The Kier molecular flexibility index (Phi) is 3.72. The third-order valence-corrected chi connectivity index (χ3v) is 7.01. The number of halogens is 1. The van der Waals surface area contributed by atoms with E-state index >= 15 is 0 Å². The maximum atomic E-state index is 6.20. The Morgan fingerprint density at radius 2 is 1.80 bits per heavy atom. The Morgan fingerprint density at radius 1 is 1.16 bits per heavy atom. The van der Waals surface area contributed by atoms with Crippen LogP contribution in [0.4, 0.5) is 5.69 Å². The van der Waals surface area contributed by atoms with Crippen LogP contribution in [0.5, 0.6) is 0 Å². The summed E-state index contributed by atoms with van der Waals surface area (Å²) in [5.74, 6) is 3.46. The molecule has 2 aromatic rings. The van der Waals surface area contributed by atoms with Crippen LogP contribution in [0.2, 0.25) is 5.02 Å². The van der Waals surface area contributed by atoms with Crippen molar-refractivity contribution in [3.63, 3.8) is 0 Å². The quantitative estimate of drug-likeness (QED) is 0.727. The Hall–Kier alpha value is -1.33. The molecule has 1 aromatic heterocycles. The minimum Gasteiger partial charge on any atom is -0.413 e. The van der Waals surface area contributed by atoms with E-state index in [0.717, 1.165) is 29.3 Å². The Balaban J connectivity index is 1.39. The third kappa shape index (κ3) is 2.72. The maximum Gasteiger partial charge on any atom is 0.288 e. The maximum absolute atomic E-state index is 6.20. The summed E-state index contributed by atoms with van der Waals surface area (Å²) in [6.45, 7) is 0.471. The second-order valence-electron chi connectivity index (χ2n) is 8.19. The highest BCUT2D eigenvalue weighted by Gasteiger charge is 2.54. The highest BCUT2D eigenvalue weighted by Crippen LogP contribution is 2.60. The van der Waals surface area contributed by atoms with Crippen molar-refractivity contribution < 1.29 is 4.42 Å². The Labute approximate surface area is 157 Å². The van der Waals surface area contributed by atoms with Gasteiger partial charge in [-0.1, -0.05) is 23.7 Å². The van der Waals surface area contributed by atoms with E-state index in [1.807, 2.05) is 24.3 Å². The van der Waals surface area contributed by atoms with Crippen molar-refractivity contribution in [1.29, 1.82) is 0 Å². The number of hydrogen-bond acceptors (Lipinski definition) is 4. The van der Waals surface area contributed by atoms with Gasteiger partial charge in [-0.15, -0.1) is 5.10 Å². The van der Waals surface area contributed by atoms with Gasteiger partial charge in [0.25, 0.3) is 4.84 Å².